The topological polar surface area (TPSA) is 80.5 Å². The lowest BCUT2D eigenvalue weighted by Crippen LogP contribution is -2.30. The van der Waals surface area contributed by atoms with Crippen LogP contribution in [0, 0.1) is 13.7 Å². The molecule has 0 radical (unpaired) electrons. The number of hydrogen-bond donors (Lipinski definition) is 0. The Hall–Kier alpha value is -1.17. The molecule has 0 aromatic heterocycles. The number of halogens is 1. The van der Waals surface area contributed by atoms with Crippen molar-refractivity contribution in [1.29, 1.82) is 0 Å². The molecule has 1 atom stereocenters. The summed E-state index contributed by atoms with van der Waals surface area (Å²) in [5, 5.41) is 10.5. The minimum atomic E-state index is -3.65. The molecule has 1 heterocycles. The van der Waals surface area contributed by atoms with Crippen LogP contribution in [-0.4, -0.2) is 29.9 Å². The highest BCUT2D eigenvalue weighted by molar-refractivity contribution is 14.1. The quantitative estimate of drug-likeness (QED) is 0.383. The zero-order valence-electron chi connectivity index (χ0n) is 12.3. The van der Waals surface area contributed by atoms with Gasteiger partial charge in [0.1, 0.15) is 0 Å². The third-order valence-corrected chi connectivity index (χ3v) is 7.63. The summed E-state index contributed by atoms with van der Waals surface area (Å²) in [4.78, 5) is 10.7. The maximum absolute atomic E-state index is 12.9. The van der Waals surface area contributed by atoms with E-state index in [0.29, 0.717) is 17.9 Å². The molecule has 0 N–H and O–H groups in total. The number of sulfonamides is 1. The Morgan fingerprint density at radius 1 is 1.21 bits per heavy atom. The molecule has 126 valence electrons. The van der Waals surface area contributed by atoms with Crippen molar-refractivity contribution in [2.75, 3.05) is 12.3 Å². The second-order valence-electron chi connectivity index (χ2n) is 5.14. The molecular formula is C15H13IN2O4S2. The number of hydrogen-bond acceptors (Lipinski definition) is 5. The molecule has 0 spiro atoms. The fourth-order valence-electron chi connectivity index (χ4n) is 2.50. The zero-order chi connectivity index (χ0) is 17.3. The summed E-state index contributed by atoms with van der Waals surface area (Å²) in [5.74, 6) is 0.650. The van der Waals surface area contributed by atoms with Gasteiger partial charge in [-0.25, -0.2) is 8.42 Å². The maximum atomic E-state index is 12.9. The van der Waals surface area contributed by atoms with Crippen LogP contribution in [0.2, 0.25) is 0 Å². The molecule has 3 rings (SSSR count). The van der Waals surface area contributed by atoms with Crippen LogP contribution >= 0.6 is 34.4 Å². The van der Waals surface area contributed by atoms with Gasteiger partial charge in [0.2, 0.25) is 10.0 Å². The van der Waals surface area contributed by atoms with E-state index in [4.69, 9.17) is 0 Å². The van der Waals surface area contributed by atoms with Crippen LogP contribution in [-0.2, 0) is 10.0 Å². The van der Waals surface area contributed by atoms with Crippen LogP contribution in [0.25, 0.3) is 0 Å². The number of nitro benzene ring substituents is 1. The smallest absolute Gasteiger partial charge is 0.258 e. The second-order valence-corrected chi connectivity index (χ2v) is 9.47. The number of rotatable bonds is 4. The minimum absolute atomic E-state index is 0.0355. The Bertz CT molecular complexity index is 871. The largest absolute Gasteiger partial charge is 0.269 e. The minimum Gasteiger partial charge on any atom is -0.258 e. The Kier molecular flexibility index (Phi) is 5.13. The van der Waals surface area contributed by atoms with Crippen molar-refractivity contribution in [3.05, 3.63) is 67.8 Å². The van der Waals surface area contributed by atoms with Crippen molar-refractivity contribution in [2.24, 2.45) is 0 Å². The van der Waals surface area contributed by atoms with Gasteiger partial charge in [0.25, 0.3) is 5.69 Å². The number of nitrogens with zero attached hydrogens (tertiary/aromatic N) is 2. The molecule has 0 amide bonds. The maximum Gasteiger partial charge on any atom is 0.269 e. The summed E-state index contributed by atoms with van der Waals surface area (Å²) >= 11 is 3.59. The lowest BCUT2D eigenvalue weighted by Gasteiger charge is -2.23. The van der Waals surface area contributed by atoms with Crippen molar-refractivity contribution in [3.63, 3.8) is 0 Å². The molecule has 1 aliphatic heterocycles. The summed E-state index contributed by atoms with van der Waals surface area (Å²) < 4.78 is 28.2. The Labute approximate surface area is 157 Å². The lowest BCUT2D eigenvalue weighted by molar-refractivity contribution is -0.384. The monoisotopic (exact) mass is 476 g/mol. The van der Waals surface area contributed by atoms with E-state index < -0.39 is 20.3 Å². The van der Waals surface area contributed by atoms with E-state index in [1.165, 1.54) is 28.2 Å². The first kappa shape index (κ1) is 17.6. The Morgan fingerprint density at radius 2 is 1.92 bits per heavy atom. The fraction of sp³-hybridized carbons (Fsp3) is 0.200. The highest BCUT2D eigenvalue weighted by Gasteiger charge is 2.37. The molecule has 0 unspecified atom stereocenters. The van der Waals surface area contributed by atoms with Crippen molar-refractivity contribution in [1.82, 2.24) is 4.31 Å². The molecule has 0 aliphatic carbocycles. The number of non-ortho nitro benzene ring substituents is 1. The van der Waals surface area contributed by atoms with Gasteiger partial charge in [0.05, 0.1) is 15.2 Å². The van der Waals surface area contributed by atoms with Gasteiger partial charge in [-0.05, 0) is 52.4 Å². The number of nitro groups is 1. The lowest BCUT2D eigenvalue weighted by atomic mass is 10.2. The van der Waals surface area contributed by atoms with Gasteiger partial charge < -0.3 is 0 Å². The van der Waals surface area contributed by atoms with Crippen molar-refractivity contribution in [3.8, 4) is 0 Å². The first-order valence-electron chi connectivity index (χ1n) is 7.03. The number of benzene rings is 2. The van der Waals surface area contributed by atoms with Crippen LogP contribution in [0.1, 0.15) is 10.9 Å². The van der Waals surface area contributed by atoms with E-state index in [9.17, 15) is 18.5 Å². The Morgan fingerprint density at radius 3 is 2.58 bits per heavy atom. The zero-order valence-corrected chi connectivity index (χ0v) is 16.1. The summed E-state index contributed by atoms with van der Waals surface area (Å²) in [6, 6.07) is 12.8. The van der Waals surface area contributed by atoms with E-state index >= 15 is 0 Å². The fourth-order valence-corrected chi connectivity index (χ4v) is 6.09. The molecule has 0 bridgehead atoms. The molecule has 2 aromatic rings. The summed E-state index contributed by atoms with van der Waals surface area (Å²) in [6.45, 7) is 0.381. The number of thioether (sulfide) groups is 1. The van der Waals surface area contributed by atoms with Gasteiger partial charge in [-0.3, -0.25) is 10.1 Å². The van der Waals surface area contributed by atoms with E-state index in [0.717, 1.165) is 3.57 Å². The average Bonchev–Trinajstić information content (AvgIpc) is 3.06. The van der Waals surface area contributed by atoms with E-state index in [1.807, 2.05) is 0 Å². The SMILES string of the molecule is O=[N+]([O-])c1cccc([C@H]2SCCN2S(=O)(=O)c2ccc(I)cc2)c1. The van der Waals surface area contributed by atoms with Crippen molar-refractivity contribution >= 4 is 50.1 Å². The van der Waals surface area contributed by atoms with Crippen LogP contribution in [0.5, 0.6) is 0 Å². The first-order chi connectivity index (χ1) is 11.4. The summed E-state index contributed by atoms with van der Waals surface area (Å²) in [6.07, 6.45) is 0. The van der Waals surface area contributed by atoms with Gasteiger partial charge in [-0.2, -0.15) is 4.31 Å². The molecule has 1 fully saturated rings. The van der Waals surface area contributed by atoms with Gasteiger partial charge in [-0.15, -0.1) is 11.8 Å². The van der Waals surface area contributed by atoms with Crippen LogP contribution in [0.15, 0.2) is 53.4 Å². The molecule has 9 heteroatoms. The van der Waals surface area contributed by atoms with Gasteiger partial charge >= 0.3 is 0 Å². The van der Waals surface area contributed by atoms with Gasteiger partial charge in [0, 0.05) is 28.0 Å². The Balaban J connectivity index is 1.97. The van der Waals surface area contributed by atoms with Crippen LogP contribution < -0.4 is 0 Å². The van der Waals surface area contributed by atoms with Crippen molar-refractivity contribution < 1.29 is 13.3 Å². The molecular weight excluding hydrogens is 463 g/mol. The molecule has 0 saturated carbocycles. The van der Waals surface area contributed by atoms with Gasteiger partial charge in [-0.1, -0.05) is 12.1 Å². The van der Waals surface area contributed by atoms with E-state index in [2.05, 4.69) is 22.6 Å². The van der Waals surface area contributed by atoms with Crippen LogP contribution in [0.3, 0.4) is 0 Å². The molecule has 24 heavy (non-hydrogen) atoms. The molecule has 6 nitrogen and oxygen atoms in total. The average molecular weight is 476 g/mol. The summed E-state index contributed by atoms with van der Waals surface area (Å²) in [7, 11) is -3.65. The molecule has 1 aliphatic rings. The van der Waals surface area contributed by atoms with Gasteiger partial charge in [0.15, 0.2) is 0 Å². The predicted octanol–water partition coefficient (Wildman–Crippen LogP) is 3.64. The van der Waals surface area contributed by atoms with E-state index in [1.54, 1.807) is 36.4 Å². The van der Waals surface area contributed by atoms with Crippen LogP contribution in [0.4, 0.5) is 5.69 Å². The van der Waals surface area contributed by atoms with Crippen molar-refractivity contribution in [2.45, 2.75) is 10.3 Å². The standard InChI is InChI=1S/C15H13IN2O4S2/c16-12-4-6-14(7-5-12)24(21,22)17-8-9-23-15(17)11-2-1-3-13(10-11)18(19)20/h1-7,10,15H,8-9H2/t15-/m1/s1. The highest BCUT2D eigenvalue weighted by atomic mass is 127. The van der Waals surface area contributed by atoms with E-state index in [-0.39, 0.29) is 10.6 Å². The first-order valence-corrected chi connectivity index (χ1v) is 10.6. The highest BCUT2D eigenvalue weighted by Crippen LogP contribution is 2.42. The molecule has 2 aromatic carbocycles. The third-order valence-electron chi connectivity index (χ3n) is 3.64. The normalized spacial score (nSPS) is 18.6. The predicted molar refractivity (Wildman–Crippen MR) is 101 cm³/mol. The summed E-state index contributed by atoms with van der Waals surface area (Å²) in [5.41, 5.74) is 0.590. The second kappa shape index (κ2) is 6.98. The third kappa shape index (κ3) is 3.44. The molecule has 1 saturated heterocycles.